The first-order valence-corrected chi connectivity index (χ1v) is 3.93. The van der Waals surface area contributed by atoms with Crippen LogP contribution >= 0.6 is 0 Å². The van der Waals surface area contributed by atoms with Crippen molar-refractivity contribution in [3.8, 4) is 0 Å². The monoisotopic (exact) mass is 193 g/mol. The van der Waals surface area contributed by atoms with Crippen LogP contribution in [0.2, 0.25) is 0 Å². The number of alkyl carbamates (subject to hydrolysis) is 1. The fraction of sp³-hybridized carbons (Fsp3) is 0.750. The standard InChI is InChI=1S/C4H7NO3.C3H8.CH4O/c1-8-4(7)5-2-3-6;1-3-2;1-2/h3H,2H2,1H3,(H,5,7);3H2,1-2H3;2H,1H3. The molecule has 0 saturated carbocycles. The van der Waals surface area contributed by atoms with E-state index >= 15 is 0 Å². The van der Waals surface area contributed by atoms with Crippen molar-refractivity contribution >= 4 is 12.4 Å². The molecule has 0 aromatic heterocycles. The first-order valence-electron chi connectivity index (χ1n) is 3.93. The predicted molar refractivity (Wildman–Crippen MR) is 50.6 cm³/mol. The van der Waals surface area contributed by atoms with Crippen LogP contribution in [0.5, 0.6) is 0 Å². The molecule has 13 heavy (non-hydrogen) atoms. The smallest absolute Gasteiger partial charge is 0.407 e. The second-order valence-electron chi connectivity index (χ2n) is 1.75. The number of hydrogen-bond donors (Lipinski definition) is 2. The molecular formula is C8H19NO4. The Labute approximate surface area is 79.1 Å². The van der Waals surface area contributed by atoms with Gasteiger partial charge in [0.25, 0.3) is 0 Å². The summed E-state index contributed by atoms with van der Waals surface area (Å²) < 4.78 is 4.14. The Morgan fingerprint density at radius 1 is 1.46 bits per heavy atom. The molecule has 2 N–H and O–H groups in total. The van der Waals surface area contributed by atoms with Gasteiger partial charge in [0.15, 0.2) is 0 Å². The van der Waals surface area contributed by atoms with Gasteiger partial charge in [-0.2, -0.15) is 0 Å². The highest BCUT2D eigenvalue weighted by Gasteiger charge is 1.92. The van der Waals surface area contributed by atoms with Crippen molar-refractivity contribution in [2.45, 2.75) is 20.3 Å². The van der Waals surface area contributed by atoms with E-state index in [0.717, 1.165) is 7.11 Å². The number of carbonyl (C=O) groups is 2. The molecule has 0 bridgehead atoms. The van der Waals surface area contributed by atoms with Gasteiger partial charge in [-0.25, -0.2) is 4.79 Å². The van der Waals surface area contributed by atoms with Gasteiger partial charge in [-0.15, -0.1) is 0 Å². The zero-order valence-electron chi connectivity index (χ0n) is 8.66. The van der Waals surface area contributed by atoms with E-state index in [-0.39, 0.29) is 6.54 Å². The van der Waals surface area contributed by atoms with Crippen LogP contribution in [0.1, 0.15) is 20.3 Å². The number of aliphatic hydroxyl groups is 1. The van der Waals surface area contributed by atoms with E-state index in [1.54, 1.807) is 0 Å². The van der Waals surface area contributed by atoms with Crippen molar-refractivity contribution in [3.63, 3.8) is 0 Å². The van der Waals surface area contributed by atoms with Crippen molar-refractivity contribution in [3.05, 3.63) is 0 Å². The molecule has 0 unspecified atom stereocenters. The van der Waals surface area contributed by atoms with E-state index in [1.807, 2.05) is 0 Å². The van der Waals surface area contributed by atoms with Gasteiger partial charge in [0.2, 0.25) is 0 Å². The van der Waals surface area contributed by atoms with Crippen molar-refractivity contribution in [1.82, 2.24) is 5.32 Å². The first-order chi connectivity index (χ1) is 6.22. The van der Waals surface area contributed by atoms with E-state index in [9.17, 15) is 9.59 Å². The lowest BCUT2D eigenvalue weighted by molar-refractivity contribution is -0.107. The lowest BCUT2D eigenvalue weighted by atomic mass is 10.6. The van der Waals surface area contributed by atoms with Gasteiger partial charge in [0, 0.05) is 7.11 Å². The number of carbonyl (C=O) groups excluding carboxylic acids is 2. The summed E-state index contributed by atoms with van der Waals surface area (Å²) in [5.74, 6) is 0. The molecule has 0 aliphatic rings. The minimum Gasteiger partial charge on any atom is -0.453 e. The molecule has 0 heterocycles. The fourth-order valence-electron chi connectivity index (χ4n) is 0.197. The van der Waals surface area contributed by atoms with Crippen LogP contribution in [0.25, 0.3) is 0 Å². The molecule has 5 nitrogen and oxygen atoms in total. The Kier molecular flexibility index (Phi) is 30.8. The second-order valence-corrected chi connectivity index (χ2v) is 1.75. The molecule has 1 amide bonds. The third kappa shape index (κ3) is 36.0. The van der Waals surface area contributed by atoms with Crippen LogP contribution in [0.3, 0.4) is 0 Å². The lowest BCUT2D eigenvalue weighted by Crippen LogP contribution is -2.24. The fourth-order valence-corrected chi connectivity index (χ4v) is 0.197. The van der Waals surface area contributed by atoms with Gasteiger partial charge in [0.05, 0.1) is 13.7 Å². The van der Waals surface area contributed by atoms with Gasteiger partial charge in [-0.05, 0) is 0 Å². The van der Waals surface area contributed by atoms with Crippen LogP contribution < -0.4 is 5.32 Å². The maximum absolute atomic E-state index is 10.1. The highest BCUT2D eigenvalue weighted by atomic mass is 16.5. The minimum absolute atomic E-state index is 0.00662. The van der Waals surface area contributed by atoms with Crippen LogP contribution in [0.4, 0.5) is 4.79 Å². The largest absolute Gasteiger partial charge is 0.453 e. The number of amides is 1. The van der Waals surface area contributed by atoms with Gasteiger partial charge >= 0.3 is 6.09 Å². The number of hydrogen-bond acceptors (Lipinski definition) is 4. The second kappa shape index (κ2) is 22.4. The molecule has 0 fully saturated rings. The normalized spacial score (nSPS) is 6.54. The van der Waals surface area contributed by atoms with E-state index in [4.69, 9.17) is 5.11 Å². The number of nitrogens with one attached hydrogen (secondary N) is 1. The van der Waals surface area contributed by atoms with Crippen molar-refractivity contribution in [2.24, 2.45) is 0 Å². The van der Waals surface area contributed by atoms with Crippen LogP contribution in [-0.4, -0.2) is 38.3 Å². The summed E-state index contributed by atoms with van der Waals surface area (Å²) in [5, 5.41) is 9.15. The molecule has 80 valence electrons. The zero-order valence-corrected chi connectivity index (χ0v) is 8.66. The summed E-state index contributed by atoms with van der Waals surface area (Å²) in [6.45, 7) is 4.26. The maximum Gasteiger partial charge on any atom is 0.407 e. The Bertz CT molecular complexity index is 106. The predicted octanol–water partition coefficient (Wildman–Crippen LogP) is 0.566. The Morgan fingerprint density at radius 2 is 1.85 bits per heavy atom. The highest BCUT2D eigenvalue weighted by molar-refractivity contribution is 5.70. The molecular weight excluding hydrogens is 174 g/mol. The third-order valence-electron chi connectivity index (χ3n) is 0.515. The summed E-state index contributed by atoms with van der Waals surface area (Å²) in [6, 6.07) is 0. The van der Waals surface area contributed by atoms with Gasteiger partial charge in [0.1, 0.15) is 6.29 Å². The summed E-state index contributed by atoms with van der Waals surface area (Å²) in [7, 11) is 2.24. The lowest BCUT2D eigenvalue weighted by Gasteiger charge is -1.94. The van der Waals surface area contributed by atoms with Crippen LogP contribution in [-0.2, 0) is 9.53 Å². The molecule has 0 aromatic rings. The summed E-state index contributed by atoms with van der Waals surface area (Å²) >= 11 is 0. The number of methoxy groups -OCH3 is 1. The van der Waals surface area contributed by atoms with Crippen molar-refractivity contribution in [1.29, 1.82) is 0 Å². The van der Waals surface area contributed by atoms with E-state index in [2.05, 4.69) is 23.9 Å². The molecule has 0 saturated heterocycles. The molecule has 0 aromatic carbocycles. The average molecular weight is 193 g/mol. The summed E-state index contributed by atoms with van der Waals surface area (Å²) in [5.41, 5.74) is 0. The summed E-state index contributed by atoms with van der Waals surface area (Å²) in [6.07, 6.45) is 1.24. The molecule has 0 aliphatic carbocycles. The van der Waals surface area contributed by atoms with Crippen molar-refractivity contribution in [2.75, 3.05) is 20.8 Å². The molecule has 0 rings (SSSR count). The van der Waals surface area contributed by atoms with Gasteiger partial charge in [-0.3, -0.25) is 0 Å². The first kappa shape index (κ1) is 17.8. The minimum atomic E-state index is -0.586. The van der Waals surface area contributed by atoms with Gasteiger partial charge < -0.3 is 20.0 Å². The Balaban J connectivity index is -0.000000169. The highest BCUT2D eigenvalue weighted by Crippen LogP contribution is 1.65. The average Bonchev–Trinajstić information content (AvgIpc) is 2.18. The van der Waals surface area contributed by atoms with E-state index < -0.39 is 6.09 Å². The van der Waals surface area contributed by atoms with E-state index in [1.165, 1.54) is 13.5 Å². The summed E-state index contributed by atoms with van der Waals surface area (Å²) in [4.78, 5) is 19.6. The molecule has 5 heteroatoms. The quantitative estimate of drug-likeness (QED) is 0.628. The molecule has 0 radical (unpaired) electrons. The number of ether oxygens (including phenoxy) is 1. The Morgan fingerprint density at radius 3 is 2.08 bits per heavy atom. The number of rotatable bonds is 2. The number of aldehydes is 1. The van der Waals surface area contributed by atoms with Crippen molar-refractivity contribution < 1.29 is 19.4 Å². The Hall–Kier alpha value is -1.10. The zero-order chi connectivity index (χ0) is 11.1. The topological polar surface area (TPSA) is 75.6 Å². The molecule has 0 spiro atoms. The van der Waals surface area contributed by atoms with Crippen LogP contribution in [0, 0.1) is 0 Å². The maximum atomic E-state index is 10.1. The van der Waals surface area contributed by atoms with Gasteiger partial charge in [-0.1, -0.05) is 20.3 Å². The molecule has 0 aliphatic heterocycles. The number of aliphatic hydroxyl groups excluding tert-OH is 1. The molecule has 0 atom stereocenters. The van der Waals surface area contributed by atoms with E-state index in [0.29, 0.717) is 6.29 Å². The van der Waals surface area contributed by atoms with Crippen LogP contribution in [0.15, 0.2) is 0 Å². The SMILES string of the molecule is CCC.CO.COC(=O)NCC=O. The third-order valence-corrected chi connectivity index (χ3v) is 0.515.